The monoisotopic (exact) mass is 296 g/mol. The van der Waals surface area contributed by atoms with Gasteiger partial charge in [-0.15, -0.1) is 0 Å². The number of nitrogens with zero attached hydrogens (tertiary/aromatic N) is 2. The van der Waals surface area contributed by atoms with Crippen molar-refractivity contribution in [1.29, 1.82) is 0 Å². The molecule has 0 aromatic rings. The van der Waals surface area contributed by atoms with Gasteiger partial charge in [0.25, 0.3) is 0 Å². The molecule has 0 bridgehead atoms. The third kappa shape index (κ3) is 4.18. The maximum Gasteiger partial charge on any atom is 0.222 e. The minimum Gasteiger partial charge on any atom is -0.381 e. The summed E-state index contributed by atoms with van der Waals surface area (Å²) in [5, 5.41) is 0. The molecule has 0 aromatic heterocycles. The molecule has 0 N–H and O–H groups in total. The highest BCUT2D eigenvalue weighted by atomic mass is 16.5. The minimum absolute atomic E-state index is 0.339. The smallest absolute Gasteiger partial charge is 0.222 e. The summed E-state index contributed by atoms with van der Waals surface area (Å²) in [6.07, 6.45) is 5.18. The Morgan fingerprint density at radius 2 is 1.71 bits per heavy atom. The van der Waals surface area contributed by atoms with Crippen molar-refractivity contribution in [1.82, 2.24) is 9.80 Å². The van der Waals surface area contributed by atoms with Crippen molar-refractivity contribution in [3.63, 3.8) is 0 Å². The lowest BCUT2D eigenvalue weighted by molar-refractivity contribution is -0.135. The molecule has 5 nitrogen and oxygen atoms in total. The summed E-state index contributed by atoms with van der Waals surface area (Å²) in [6.45, 7) is 7.33. The highest BCUT2D eigenvalue weighted by Crippen LogP contribution is 2.22. The summed E-state index contributed by atoms with van der Waals surface area (Å²) in [6, 6.07) is 0.649. The molecule has 120 valence electrons. The van der Waals surface area contributed by atoms with Gasteiger partial charge in [0.15, 0.2) is 0 Å². The zero-order valence-electron chi connectivity index (χ0n) is 13.0. The maximum absolute atomic E-state index is 12.4. The number of hydrogen-bond donors (Lipinski definition) is 0. The van der Waals surface area contributed by atoms with Crippen molar-refractivity contribution in [2.24, 2.45) is 5.92 Å². The molecular weight excluding hydrogens is 268 g/mol. The third-order valence-electron chi connectivity index (χ3n) is 5.10. The van der Waals surface area contributed by atoms with Crippen LogP contribution < -0.4 is 0 Å². The summed E-state index contributed by atoms with van der Waals surface area (Å²) < 4.78 is 10.9. The largest absolute Gasteiger partial charge is 0.381 e. The topological polar surface area (TPSA) is 42.0 Å². The van der Waals surface area contributed by atoms with Crippen molar-refractivity contribution in [3.8, 4) is 0 Å². The first kappa shape index (κ1) is 15.3. The van der Waals surface area contributed by atoms with Gasteiger partial charge in [-0.2, -0.15) is 0 Å². The van der Waals surface area contributed by atoms with Crippen molar-refractivity contribution in [2.45, 2.75) is 38.1 Å². The molecule has 1 atom stereocenters. The Labute approximate surface area is 127 Å². The Morgan fingerprint density at radius 1 is 0.952 bits per heavy atom. The molecule has 3 fully saturated rings. The predicted molar refractivity (Wildman–Crippen MR) is 80.2 cm³/mol. The van der Waals surface area contributed by atoms with Crippen LogP contribution in [0.15, 0.2) is 0 Å². The second-order valence-electron chi connectivity index (χ2n) is 6.55. The van der Waals surface area contributed by atoms with Crippen LogP contribution in [0.3, 0.4) is 0 Å². The summed E-state index contributed by atoms with van der Waals surface area (Å²) in [5.74, 6) is 0.786. The zero-order chi connectivity index (χ0) is 14.5. The molecule has 1 amide bonds. The van der Waals surface area contributed by atoms with E-state index in [2.05, 4.69) is 9.80 Å². The van der Waals surface area contributed by atoms with E-state index in [1.54, 1.807) is 0 Å². The predicted octanol–water partition coefficient (Wildman–Crippen LogP) is 1.13. The first-order chi connectivity index (χ1) is 10.3. The summed E-state index contributed by atoms with van der Waals surface area (Å²) in [7, 11) is 0. The highest BCUT2D eigenvalue weighted by molar-refractivity contribution is 5.76. The van der Waals surface area contributed by atoms with E-state index in [0.29, 0.717) is 24.3 Å². The van der Waals surface area contributed by atoms with Gasteiger partial charge in [-0.3, -0.25) is 9.69 Å². The molecule has 0 saturated carbocycles. The second kappa shape index (κ2) is 7.56. The Hall–Kier alpha value is -0.650. The average Bonchev–Trinajstić information content (AvgIpc) is 2.57. The highest BCUT2D eigenvalue weighted by Gasteiger charge is 2.29. The van der Waals surface area contributed by atoms with E-state index >= 15 is 0 Å². The SMILES string of the molecule is O=C(CC1CCCOC1)N1CCC(N2CCOCC2)CC1. The van der Waals surface area contributed by atoms with E-state index in [1.807, 2.05) is 0 Å². The molecular formula is C16H28N2O3. The Morgan fingerprint density at radius 3 is 2.38 bits per heavy atom. The fourth-order valence-corrected chi connectivity index (χ4v) is 3.77. The number of hydrogen-bond acceptors (Lipinski definition) is 4. The van der Waals surface area contributed by atoms with Crippen molar-refractivity contribution < 1.29 is 14.3 Å². The van der Waals surface area contributed by atoms with Crippen LogP contribution in [0.5, 0.6) is 0 Å². The van der Waals surface area contributed by atoms with Crippen molar-refractivity contribution in [2.75, 3.05) is 52.6 Å². The van der Waals surface area contributed by atoms with Crippen LogP contribution in [-0.4, -0.2) is 74.4 Å². The Kier molecular flexibility index (Phi) is 5.49. The van der Waals surface area contributed by atoms with E-state index in [0.717, 1.165) is 78.3 Å². The average molecular weight is 296 g/mol. The fraction of sp³-hybridized carbons (Fsp3) is 0.938. The molecule has 5 heteroatoms. The van der Waals surface area contributed by atoms with Gasteiger partial charge in [0.2, 0.25) is 5.91 Å². The van der Waals surface area contributed by atoms with Gasteiger partial charge in [0.05, 0.1) is 13.2 Å². The standard InChI is InChI=1S/C16H28N2O3/c19-16(12-14-2-1-9-21-13-14)18-5-3-15(4-6-18)17-7-10-20-11-8-17/h14-15H,1-13H2. The van der Waals surface area contributed by atoms with E-state index < -0.39 is 0 Å². The van der Waals surface area contributed by atoms with Crippen molar-refractivity contribution in [3.05, 3.63) is 0 Å². The van der Waals surface area contributed by atoms with Crippen LogP contribution >= 0.6 is 0 Å². The minimum atomic E-state index is 0.339. The van der Waals surface area contributed by atoms with Gasteiger partial charge >= 0.3 is 0 Å². The molecule has 3 heterocycles. The van der Waals surface area contributed by atoms with Gasteiger partial charge < -0.3 is 14.4 Å². The van der Waals surface area contributed by atoms with Gasteiger partial charge in [0, 0.05) is 51.9 Å². The van der Waals surface area contributed by atoms with Crippen LogP contribution in [0.4, 0.5) is 0 Å². The molecule has 3 saturated heterocycles. The number of piperidine rings is 1. The van der Waals surface area contributed by atoms with Gasteiger partial charge in [0.1, 0.15) is 0 Å². The lowest BCUT2D eigenvalue weighted by Gasteiger charge is -2.40. The van der Waals surface area contributed by atoms with Gasteiger partial charge in [-0.1, -0.05) is 0 Å². The molecule has 1 unspecified atom stereocenters. The van der Waals surface area contributed by atoms with E-state index in [1.165, 1.54) is 0 Å². The normalized spacial score (nSPS) is 29.5. The number of amides is 1. The molecule has 3 rings (SSSR count). The number of carbonyl (C=O) groups excluding carboxylic acids is 1. The van der Waals surface area contributed by atoms with Crippen LogP contribution in [-0.2, 0) is 14.3 Å². The quantitative estimate of drug-likeness (QED) is 0.783. The van der Waals surface area contributed by atoms with E-state index in [9.17, 15) is 4.79 Å². The molecule has 0 radical (unpaired) electrons. The molecule has 0 aliphatic carbocycles. The van der Waals surface area contributed by atoms with Crippen molar-refractivity contribution >= 4 is 5.91 Å². The number of likely N-dealkylation sites (tertiary alicyclic amines) is 1. The second-order valence-corrected chi connectivity index (χ2v) is 6.55. The Balaban J connectivity index is 1.40. The molecule has 3 aliphatic heterocycles. The zero-order valence-corrected chi connectivity index (χ0v) is 13.0. The summed E-state index contributed by atoms with van der Waals surface area (Å²) >= 11 is 0. The lowest BCUT2D eigenvalue weighted by atomic mass is 9.96. The third-order valence-corrected chi connectivity index (χ3v) is 5.10. The van der Waals surface area contributed by atoms with Gasteiger partial charge in [-0.25, -0.2) is 0 Å². The van der Waals surface area contributed by atoms with Gasteiger partial charge in [-0.05, 0) is 31.6 Å². The summed E-state index contributed by atoms with van der Waals surface area (Å²) in [4.78, 5) is 17.0. The molecule has 21 heavy (non-hydrogen) atoms. The maximum atomic E-state index is 12.4. The molecule has 0 spiro atoms. The number of carbonyl (C=O) groups is 1. The number of ether oxygens (including phenoxy) is 2. The lowest BCUT2D eigenvalue weighted by Crippen LogP contribution is -2.50. The molecule has 3 aliphatic rings. The van der Waals surface area contributed by atoms with Crippen LogP contribution in [0.1, 0.15) is 32.1 Å². The number of rotatable bonds is 3. The van der Waals surface area contributed by atoms with Crippen LogP contribution in [0.2, 0.25) is 0 Å². The Bertz CT molecular complexity index is 330. The fourth-order valence-electron chi connectivity index (χ4n) is 3.77. The van der Waals surface area contributed by atoms with Crippen LogP contribution in [0, 0.1) is 5.92 Å². The van der Waals surface area contributed by atoms with E-state index in [-0.39, 0.29) is 0 Å². The molecule has 0 aromatic carbocycles. The van der Waals surface area contributed by atoms with E-state index in [4.69, 9.17) is 9.47 Å². The van der Waals surface area contributed by atoms with Crippen LogP contribution in [0.25, 0.3) is 0 Å². The number of morpholine rings is 1. The summed E-state index contributed by atoms with van der Waals surface area (Å²) in [5.41, 5.74) is 0. The first-order valence-electron chi connectivity index (χ1n) is 8.50. The first-order valence-corrected chi connectivity index (χ1v) is 8.50.